The topological polar surface area (TPSA) is 26.3 Å². The van der Waals surface area contributed by atoms with Crippen molar-refractivity contribution in [2.45, 2.75) is 37.5 Å². The van der Waals surface area contributed by atoms with Gasteiger partial charge in [0, 0.05) is 4.90 Å². The first-order valence-electron chi connectivity index (χ1n) is 5.66. The molecule has 0 spiro atoms. The Kier molecular flexibility index (Phi) is 6.01. The van der Waals surface area contributed by atoms with E-state index in [2.05, 4.69) is 19.6 Å². The Balaban J connectivity index is 2.26. The lowest BCUT2D eigenvalue weighted by Crippen LogP contribution is -2.08. The molecule has 0 heterocycles. The van der Waals surface area contributed by atoms with Gasteiger partial charge in [0.15, 0.2) is 0 Å². The Morgan fingerprint density at radius 3 is 2.56 bits per heavy atom. The number of unbranched alkanes of at least 4 members (excludes halogenated alkanes) is 2. The fraction of sp³-hybridized carbons (Fsp3) is 0.462. The summed E-state index contributed by atoms with van der Waals surface area (Å²) in [7, 11) is 0. The van der Waals surface area contributed by atoms with Crippen LogP contribution in [0.1, 0.15) is 31.7 Å². The Morgan fingerprint density at radius 2 is 1.94 bits per heavy atom. The van der Waals surface area contributed by atoms with Gasteiger partial charge in [0.1, 0.15) is 0 Å². The second kappa shape index (κ2) is 7.34. The molecule has 0 bridgehead atoms. The summed E-state index contributed by atoms with van der Waals surface area (Å²) in [5.41, 5.74) is 0.971. The molecule has 0 aromatic heterocycles. The number of rotatable bonds is 6. The molecular weight excluding hydrogens is 220 g/mol. The van der Waals surface area contributed by atoms with Gasteiger partial charge in [-0.3, -0.25) is 4.79 Å². The summed E-state index contributed by atoms with van der Waals surface area (Å²) in [5.74, 6) is -0.150. The van der Waals surface area contributed by atoms with Crippen LogP contribution in [0.25, 0.3) is 0 Å². The Hall–Kier alpha value is -0.960. The molecule has 0 atom stereocenters. The van der Waals surface area contributed by atoms with Crippen molar-refractivity contribution in [3.63, 3.8) is 0 Å². The summed E-state index contributed by atoms with van der Waals surface area (Å²) in [6.07, 6.45) is 3.56. The minimum absolute atomic E-state index is 0.150. The van der Waals surface area contributed by atoms with Crippen molar-refractivity contribution in [2.75, 3.05) is 6.61 Å². The highest BCUT2D eigenvalue weighted by atomic mass is 32.1. The van der Waals surface area contributed by atoms with Crippen molar-refractivity contribution in [3.8, 4) is 0 Å². The smallest absolute Gasteiger partial charge is 0.310 e. The SMILES string of the molecule is CCCCCOC(=O)Cc1ccc(S)cc1. The molecule has 3 heteroatoms. The summed E-state index contributed by atoms with van der Waals surface area (Å²) in [4.78, 5) is 12.3. The number of esters is 1. The standard InChI is InChI=1S/C13H18O2S/c1-2-3-4-9-15-13(14)10-11-5-7-12(16)8-6-11/h5-8,16H,2-4,9-10H2,1H3. The normalized spacial score (nSPS) is 10.1. The fourth-order valence-corrected chi connectivity index (χ4v) is 1.52. The second-order valence-corrected chi connectivity index (χ2v) is 4.29. The van der Waals surface area contributed by atoms with E-state index in [4.69, 9.17) is 4.74 Å². The lowest BCUT2D eigenvalue weighted by atomic mass is 10.1. The number of carbonyl (C=O) groups excluding carboxylic acids is 1. The minimum Gasteiger partial charge on any atom is -0.465 e. The van der Waals surface area contributed by atoms with E-state index < -0.39 is 0 Å². The number of ether oxygens (including phenoxy) is 1. The van der Waals surface area contributed by atoms with Crippen LogP contribution in [0.5, 0.6) is 0 Å². The largest absolute Gasteiger partial charge is 0.465 e. The van der Waals surface area contributed by atoms with E-state index in [1.54, 1.807) is 0 Å². The Morgan fingerprint density at radius 1 is 1.25 bits per heavy atom. The number of benzene rings is 1. The minimum atomic E-state index is -0.150. The quantitative estimate of drug-likeness (QED) is 0.468. The molecule has 0 radical (unpaired) electrons. The van der Waals surface area contributed by atoms with Gasteiger partial charge in [0.2, 0.25) is 0 Å². The van der Waals surface area contributed by atoms with Crippen molar-refractivity contribution < 1.29 is 9.53 Å². The summed E-state index contributed by atoms with van der Waals surface area (Å²) >= 11 is 4.19. The van der Waals surface area contributed by atoms with E-state index in [-0.39, 0.29) is 5.97 Å². The fourth-order valence-electron chi connectivity index (χ4n) is 1.37. The lowest BCUT2D eigenvalue weighted by molar-refractivity contribution is -0.142. The van der Waals surface area contributed by atoms with Crippen LogP contribution in [0.4, 0.5) is 0 Å². The summed E-state index contributed by atoms with van der Waals surface area (Å²) in [5, 5.41) is 0. The molecule has 88 valence electrons. The molecule has 0 unspecified atom stereocenters. The molecule has 1 rings (SSSR count). The third-order valence-electron chi connectivity index (χ3n) is 2.30. The Labute approximate surface area is 102 Å². The first-order chi connectivity index (χ1) is 7.72. The van der Waals surface area contributed by atoms with E-state index in [9.17, 15) is 4.79 Å². The van der Waals surface area contributed by atoms with Crippen LogP contribution in [0.3, 0.4) is 0 Å². The van der Waals surface area contributed by atoms with E-state index in [1.807, 2.05) is 24.3 Å². The van der Waals surface area contributed by atoms with Gasteiger partial charge in [-0.05, 0) is 24.1 Å². The molecule has 0 saturated carbocycles. The molecule has 0 aliphatic heterocycles. The van der Waals surface area contributed by atoms with E-state index in [0.29, 0.717) is 13.0 Å². The summed E-state index contributed by atoms with van der Waals surface area (Å²) in [6.45, 7) is 2.66. The highest BCUT2D eigenvalue weighted by Gasteiger charge is 2.03. The van der Waals surface area contributed by atoms with Crippen LogP contribution < -0.4 is 0 Å². The molecule has 0 aliphatic carbocycles. The molecule has 0 amide bonds. The van der Waals surface area contributed by atoms with Gasteiger partial charge in [-0.15, -0.1) is 12.6 Å². The summed E-state index contributed by atoms with van der Waals surface area (Å²) < 4.78 is 5.12. The van der Waals surface area contributed by atoms with Crippen LogP contribution in [-0.4, -0.2) is 12.6 Å². The van der Waals surface area contributed by atoms with Crippen molar-refractivity contribution in [1.82, 2.24) is 0 Å². The number of carbonyl (C=O) groups is 1. The van der Waals surface area contributed by atoms with Gasteiger partial charge in [0.25, 0.3) is 0 Å². The van der Waals surface area contributed by atoms with E-state index in [0.717, 1.165) is 29.7 Å². The third kappa shape index (κ3) is 5.21. The van der Waals surface area contributed by atoms with Crippen LogP contribution in [0.15, 0.2) is 29.2 Å². The number of hydrogen-bond donors (Lipinski definition) is 1. The van der Waals surface area contributed by atoms with Crippen molar-refractivity contribution >= 4 is 18.6 Å². The van der Waals surface area contributed by atoms with Gasteiger partial charge in [-0.25, -0.2) is 0 Å². The van der Waals surface area contributed by atoms with Crippen molar-refractivity contribution in [1.29, 1.82) is 0 Å². The molecule has 0 aliphatic rings. The first kappa shape index (κ1) is 13.1. The molecule has 1 aromatic carbocycles. The van der Waals surface area contributed by atoms with Crippen LogP contribution >= 0.6 is 12.6 Å². The maximum absolute atomic E-state index is 11.4. The highest BCUT2D eigenvalue weighted by Crippen LogP contribution is 2.08. The maximum atomic E-state index is 11.4. The molecule has 16 heavy (non-hydrogen) atoms. The monoisotopic (exact) mass is 238 g/mol. The summed E-state index contributed by atoms with van der Waals surface area (Å²) in [6, 6.07) is 7.55. The van der Waals surface area contributed by atoms with Crippen molar-refractivity contribution in [2.24, 2.45) is 0 Å². The maximum Gasteiger partial charge on any atom is 0.310 e. The average molecular weight is 238 g/mol. The first-order valence-corrected chi connectivity index (χ1v) is 6.10. The van der Waals surface area contributed by atoms with Crippen LogP contribution in [0.2, 0.25) is 0 Å². The Bertz CT molecular complexity index is 319. The van der Waals surface area contributed by atoms with Gasteiger partial charge in [-0.2, -0.15) is 0 Å². The third-order valence-corrected chi connectivity index (χ3v) is 2.59. The highest BCUT2D eigenvalue weighted by molar-refractivity contribution is 7.80. The second-order valence-electron chi connectivity index (χ2n) is 3.77. The predicted octanol–water partition coefficient (Wildman–Crippen LogP) is 3.25. The number of thiol groups is 1. The molecule has 0 N–H and O–H groups in total. The molecular formula is C13H18O2S. The average Bonchev–Trinajstić information content (AvgIpc) is 2.28. The molecule has 0 saturated heterocycles. The molecule has 0 fully saturated rings. The van der Waals surface area contributed by atoms with Crippen LogP contribution in [-0.2, 0) is 16.0 Å². The molecule has 1 aromatic rings. The van der Waals surface area contributed by atoms with Crippen LogP contribution in [0, 0.1) is 0 Å². The molecule has 2 nitrogen and oxygen atoms in total. The number of hydrogen-bond acceptors (Lipinski definition) is 3. The zero-order chi connectivity index (χ0) is 11.8. The van der Waals surface area contributed by atoms with Gasteiger partial charge in [0.05, 0.1) is 13.0 Å². The van der Waals surface area contributed by atoms with Gasteiger partial charge >= 0.3 is 5.97 Å². The lowest BCUT2D eigenvalue weighted by Gasteiger charge is -2.04. The predicted molar refractivity (Wildman–Crippen MR) is 67.9 cm³/mol. The van der Waals surface area contributed by atoms with E-state index >= 15 is 0 Å². The van der Waals surface area contributed by atoms with E-state index in [1.165, 1.54) is 0 Å². The van der Waals surface area contributed by atoms with Gasteiger partial charge in [-0.1, -0.05) is 31.9 Å². The zero-order valence-corrected chi connectivity index (χ0v) is 10.5. The zero-order valence-electron chi connectivity index (χ0n) is 9.61. The van der Waals surface area contributed by atoms with Gasteiger partial charge < -0.3 is 4.74 Å². The van der Waals surface area contributed by atoms with Crippen molar-refractivity contribution in [3.05, 3.63) is 29.8 Å².